The van der Waals surface area contributed by atoms with Crippen molar-refractivity contribution < 1.29 is 15.0 Å². The molecule has 96 valence electrons. The third-order valence-corrected chi connectivity index (χ3v) is 4.13. The van der Waals surface area contributed by atoms with E-state index >= 15 is 0 Å². The Kier molecular flexibility index (Phi) is 2.47. The summed E-state index contributed by atoms with van der Waals surface area (Å²) in [6, 6.07) is 5.65. The molecule has 1 aromatic carbocycles. The smallest absolute Gasteiger partial charge is 0.224 e. The summed E-state index contributed by atoms with van der Waals surface area (Å²) in [5, 5.41) is 19.9. The van der Waals surface area contributed by atoms with Crippen LogP contribution in [0.4, 0.5) is 5.69 Å². The summed E-state index contributed by atoms with van der Waals surface area (Å²) in [4.78, 5) is 13.5. The van der Waals surface area contributed by atoms with Crippen molar-refractivity contribution in [2.75, 3.05) is 4.90 Å². The molecule has 4 heteroatoms. The van der Waals surface area contributed by atoms with Crippen LogP contribution in [0.2, 0.25) is 0 Å². The van der Waals surface area contributed by atoms with Gasteiger partial charge in [-0.3, -0.25) is 4.79 Å². The average molecular weight is 247 g/mol. The quantitative estimate of drug-likeness (QED) is 0.717. The zero-order chi connectivity index (χ0) is 13.0. The number of aryl methyl sites for hydroxylation is 1. The van der Waals surface area contributed by atoms with Crippen molar-refractivity contribution in [3.63, 3.8) is 0 Å². The molecule has 1 aliphatic carbocycles. The van der Waals surface area contributed by atoms with E-state index in [0.29, 0.717) is 6.42 Å². The van der Waals surface area contributed by atoms with E-state index < -0.39 is 12.2 Å². The number of fused-ring (bicyclic) bond motifs is 3. The van der Waals surface area contributed by atoms with Crippen LogP contribution in [0.25, 0.3) is 0 Å². The van der Waals surface area contributed by atoms with Gasteiger partial charge in [0.1, 0.15) is 6.10 Å². The molecule has 1 saturated carbocycles. The van der Waals surface area contributed by atoms with Gasteiger partial charge in [-0.05, 0) is 25.0 Å². The monoisotopic (exact) mass is 247 g/mol. The minimum absolute atomic E-state index is 0.0498. The first-order valence-electron chi connectivity index (χ1n) is 6.27. The van der Waals surface area contributed by atoms with Crippen molar-refractivity contribution in [3.05, 3.63) is 29.3 Å². The first-order chi connectivity index (χ1) is 8.50. The third kappa shape index (κ3) is 1.42. The second-order valence-corrected chi connectivity index (χ2v) is 5.34. The fourth-order valence-electron chi connectivity index (χ4n) is 3.38. The highest BCUT2D eigenvalue weighted by Gasteiger charge is 2.52. The summed E-state index contributed by atoms with van der Waals surface area (Å²) in [6.45, 7) is 3.51. The molecule has 1 amide bonds. The zero-order valence-electron chi connectivity index (χ0n) is 10.5. The first kappa shape index (κ1) is 11.7. The van der Waals surface area contributed by atoms with E-state index in [1.54, 1.807) is 4.90 Å². The van der Waals surface area contributed by atoms with Crippen molar-refractivity contribution in [3.8, 4) is 0 Å². The van der Waals surface area contributed by atoms with E-state index in [9.17, 15) is 15.0 Å². The van der Waals surface area contributed by atoms with Crippen molar-refractivity contribution in [2.24, 2.45) is 0 Å². The van der Waals surface area contributed by atoms with E-state index in [-0.39, 0.29) is 17.9 Å². The molecule has 0 bridgehead atoms. The Morgan fingerprint density at radius 3 is 2.78 bits per heavy atom. The van der Waals surface area contributed by atoms with Gasteiger partial charge in [0.2, 0.25) is 5.91 Å². The van der Waals surface area contributed by atoms with Gasteiger partial charge >= 0.3 is 0 Å². The molecule has 4 nitrogen and oxygen atoms in total. The molecule has 0 aromatic heterocycles. The molecule has 18 heavy (non-hydrogen) atoms. The first-order valence-corrected chi connectivity index (χ1v) is 6.27. The lowest BCUT2D eigenvalue weighted by atomic mass is 9.96. The van der Waals surface area contributed by atoms with Crippen molar-refractivity contribution in [1.82, 2.24) is 0 Å². The number of hydrogen-bond acceptors (Lipinski definition) is 3. The van der Waals surface area contributed by atoms with Crippen LogP contribution in [0.3, 0.4) is 0 Å². The highest BCUT2D eigenvalue weighted by Crippen LogP contribution is 2.49. The van der Waals surface area contributed by atoms with Crippen molar-refractivity contribution >= 4 is 11.6 Å². The van der Waals surface area contributed by atoms with Crippen LogP contribution in [0.1, 0.15) is 30.4 Å². The summed E-state index contributed by atoms with van der Waals surface area (Å²) in [7, 11) is 0. The Balaban J connectivity index is 2.14. The fraction of sp³-hybridized carbons (Fsp3) is 0.500. The Morgan fingerprint density at radius 2 is 2.11 bits per heavy atom. The van der Waals surface area contributed by atoms with Gasteiger partial charge in [0, 0.05) is 18.5 Å². The van der Waals surface area contributed by atoms with Crippen LogP contribution < -0.4 is 4.90 Å². The van der Waals surface area contributed by atoms with Gasteiger partial charge in [0.05, 0.1) is 12.1 Å². The highest BCUT2D eigenvalue weighted by atomic mass is 16.3. The van der Waals surface area contributed by atoms with E-state index in [1.165, 1.54) is 6.92 Å². The van der Waals surface area contributed by atoms with Crippen molar-refractivity contribution in [1.29, 1.82) is 0 Å². The van der Waals surface area contributed by atoms with Gasteiger partial charge in [-0.1, -0.05) is 17.7 Å². The lowest BCUT2D eigenvalue weighted by molar-refractivity contribution is -0.117. The number of amides is 1. The Hall–Kier alpha value is -1.39. The Morgan fingerprint density at radius 1 is 1.39 bits per heavy atom. The molecule has 4 unspecified atom stereocenters. The molecule has 1 heterocycles. The third-order valence-electron chi connectivity index (χ3n) is 4.13. The number of aliphatic hydroxyl groups excluding tert-OH is 2. The second-order valence-electron chi connectivity index (χ2n) is 5.34. The maximum Gasteiger partial charge on any atom is 0.224 e. The van der Waals surface area contributed by atoms with Crippen LogP contribution in [0.15, 0.2) is 18.2 Å². The van der Waals surface area contributed by atoms with Crippen molar-refractivity contribution in [2.45, 2.75) is 44.4 Å². The summed E-state index contributed by atoms with van der Waals surface area (Å²) >= 11 is 0. The maximum absolute atomic E-state index is 11.8. The number of aliphatic hydroxyl groups is 2. The summed E-state index contributed by atoms with van der Waals surface area (Å²) in [6.07, 6.45) is -1.08. The molecular weight excluding hydrogens is 230 g/mol. The van der Waals surface area contributed by atoms with Crippen LogP contribution in [-0.4, -0.2) is 34.4 Å². The molecule has 0 spiro atoms. The number of benzene rings is 1. The Labute approximate surface area is 106 Å². The summed E-state index contributed by atoms with van der Waals surface area (Å²) < 4.78 is 0. The predicted molar refractivity (Wildman–Crippen MR) is 67.5 cm³/mol. The van der Waals surface area contributed by atoms with E-state index in [1.807, 2.05) is 19.1 Å². The maximum atomic E-state index is 11.8. The molecule has 1 aliphatic heterocycles. The van der Waals surface area contributed by atoms with Crippen LogP contribution in [0, 0.1) is 6.92 Å². The minimum Gasteiger partial charge on any atom is -0.390 e. The standard InChI is InChI=1S/C14H17NO3/c1-7-3-4-11-9(5-7)10-6-12(17)14(18)13(10)15(11)8(2)16/h3-5,10,12-14,17-18H,6H2,1-2H3. The number of carbonyl (C=O) groups excluding carboxylic acids is 1. The molecule has 1 fully saturated rings. The lowest BCUT2D eigenvalue weighted by Crippen LogP contribution is -2.44. The van der Waals surface area contributed by atoms with Gasteiger partial charge in [-0.2, -0.15) is 0 Å². The molecule has 4 atom stereocenters. The molecular formula is C14H17NO3. The zero-order valence-corrected chi connectivity index (χ0v) is 10.5. The fourth-order valence-corrected chi connectivity index (χ4v) is 3.38. The number of carbonyl (C=O) groups is 1. The van der Waals surface area contributed by atoms with Gasteiger partial charge in [-0.15, -0.1) is 0 Å². The molecule has 2 N–H and O–H groups in total. The van der Waals surface area contributed by atoms with Crippen LogP contribution in [-0.2, 0) is 4.79 Å². The highest BCUT2D eigenvalue weighted by molar-refractivity contribution is 5.95. The number of rotatable bonds is 0. The SMILES string of the molecule is CC(=O)N1c2ccc(C)cc2C2CC(O)C(O)C21. The van der Waals surface area contributed by atoms with Gasteiger partial charge in [-0.25, -0.2) is 0 Å². The summed E-state index contributed by atoms with van der Waals surface area (Å²) in [5.41, 5.74) is 3.09. The van der Waals surface area contributed by atoms with E-state index in [0.717, 1.165) is 16.8 Å². The summed E-state index contributed by atoms with van der Waals surface area (Å²) in [5.74, 6) is -0.0328. The molecule has 0 radical (unpaired) electrons. The van der Waals surface area contributed by atoms with Gasteiger partial charge in [0.25, 0.3) is 0 Å². The molecule has 0 saturated heterocycles. The van der Waals surface area contributed by atoms with Gasteiger partial charge < -0.3 is 15.1 Å². The van der Waals surface area contributed by atoms with Crippen LogP contribution >= 0.6 is 0 Å². The second kappa shape index (κ2) is 3.80. The predicted octanol–water partition coefficient (Wildman–Crippen LogP) is 0.939. The minimum atomic E-state index is -0.855. The lowest BCUT2D eigenvalue weighted by Gasteiger charge is -2.27. The molecule has 2 aliphatic rings. The molecule has 1 aromatic rings. The normalized spacial score (nSPS) is 33.4. The number of anilines is 1. The number of nitrogens with zero attached hydrogens (tertiary/aromatic N) is 1. The topological polar surface area (TPSA) is 60.8 Å². The van der Waals surface area contributed by atoms with Crippen LogP contribution in [0.5, 0.6) is 0 Å². The largest absolute Gasteiger partial charge is 0.390 e. The van der Waals surface area contributed by atoms with Gasteiger partial charge in [0.15, 0.2) is 0 Å². The van der Waals surface area contributed by atoms with E-state index in [4.69, 9.17) is 0 Å². The number of hydrogen-bond donors (Lipinski definition) is 2. The average Bonchev–Trinajstić information content (AvgIpc) is 2.76. The van der Waals surface area contributed by atoms with E-state index in [2.05, 4.69) is 6.07 Å². The Bertz CT molecular complexity index is 514. The molecule has 3 rings (SSSR count).